The normalized spacial score (nSPS) is 10.8. The van der Waals surface area contributed by atoms with Gasteiger partial charge in [-0.15, -0.1) is 0 Å². The van der Waals surface area contributed by atoms with Gasteiger partial charge in [0.05, 0.1) is 0 Å². The molecule has 628 valence electrons. The van der Waals surface area contributed by atoms with Crippen molar-refractivity contribution in [1.82, 2.24) is 0 Å². The van der Waals surface area contributed by atoms with Crippen LogP contribution in [0.15, 0.2) is 473 Å². The van der Waals surface area contributed by atoms with Gasteiger partial charge in [0.15, 0.2) is 0 Å². The lowest BCUT2D eigenvalue weighted by molar-refractivity contribution is 1.38. The number of benzene rings is 20. The van der Waals surface area contributed by atoms with E-state index in [0.717, 1.165) is 0 Å². The summed E-state index contributed by atoms with van der Waals surface area (Å²) >= 11 is 0. The Labute approximate surface area is 770 Å². The molecule has 0 spiro atoms. The number of aryl methyl sites for hydroxylation is 10. The van der Waals surface area contributed by atoms with E-state index >= 15 is 0 Å². The molecule has 0 N–H and O–H groups in total. The van der Waals surface area contributed by atoms with Gasteiger partial charge >= 0.3 is 0 Å². The second-order valence-electron chi connectivity index (χ2n) is 34.8. The van der Waals surface area contributed by atoms with E-state index in [-0.39, 0.29) is 0 Å². The van der Waals surface area contributed by atoms with Crippen molar-refractivity contribution in [2.24, 2.45) is 0 Å². The molecule has 20 aromatic rings. The van der Waals surface area contributed by atoms with E-state index in [0.29, 0.717) is 0 Å². The van der Waals surface area contributed by atoms with Crippen molar-refractivity contribution in [2.75, 3.05) is 0 Å². The molecule has 130 heavy (non-hydrogen) atoms. The lowest BCUT2D eigenvalue weighted by Crippen LogP contribution is -1.88. The van der Waals surface area contributed by atoms with Crippen LogP contribution in [0, 0.1) is 69.2 Å². The minimum absolute atomic E-state index is 1.23. The molecule has 0 aliphatic heterocycles. The second kappa shape index (κ2) is 40.4. The summed E-state index contributed by atoms with van der Waals surface area (Å²) in [5.41, 5.74) is 52.7. The zero-order valence-corrected chi connectivity index (χ0v) is 76.0. The number of hydrogen-bond donors (Lipinski definition) is 0. The van der Waals surface area contributed by atoms with Crippen molar-refractivity contribution >= 4 is 0 Å². The monoisotopic (exact) mass is 1670 g/mol. The molecule has 0 saturated carbocycles. The summed E-state index contributed by atoms with van der Waals surface area (Å²) in [5, 5.41) is 0. The Morgan fingerprint density at radius 2 is 0.246 bits per heavy atom. The smallest absolute Gasteiger partial charge is 0.00992 e. The lowest BCUT2D eigenvalue weighted by Gasteiger charge is -2.14. The highest BCUT2D eigenvalue weighted by Gasteiger charge is 2.17. The molecule has 0 aliphatic rings. The van der Waals surface area contributed by atoms with Gasteiger partial charge in [-0.2, -0.15) is 0 Å². The Balaban J connectivity index is 0.000000121. The highest BCUT2D eigenvalue weighted by Crippen LogP contribution is 2.43. The molecular formula is C130H108. The predicted molar refractivity (Wildman–Crippen MR) is 560 cm³/mol. The Morgan fingerprint density at radius 3 is 0.569 bits per heavy atom. The fourth-order valence-electron chi connectivity index (χ4n) is 17.4. The van der Waals surface area contributed by atoms with Crippen molar-refractivity contribution in [3.8, 4) is 178 Å². The van der Waals surface area contributed by atoms with Gasteiger partial charge in [-0.1, -0.05) is 487 Å². The minimum atomic E-state index is 1.23. The standard InChI is InChI=1S/2C33H28.2C32H26/c1-23-9-12-28(13-10-23)32-18-11-24(2)21-33(32)29-16-14-27(15-17-29)31-20-25(3)19-30(22-31)26-7-5-4-6-8-26;1-23-9-11-27(12-10-23)28-13-15-29(16-14-28)32-20-31(26-7-5-4-6-8-26)21-33(22-32)30-18-24(2)17-25(3)19-30;1-23-11-13-25(14-12-23)30-19-20-31(27-8-4-3-5-9-27)32(22-30)28-17-15-26(16-18-28)29-10-6-7-24(2)21-29;1-23-8-12-25(13-9-23)26-16-18-29(19-17-26)32-22-30(27-14-10-24(2)11-15-27)20-21-31(32)28-6-4-3-5-7-28/h2*4-22H,1-3H3;2*3-22H,1-2H3. The van der Waals surface area contributed by atoms with Crippen molar-refractivity contribution < 1.29 is 0 Å². The number of rotatable bonds is 16. The lowest BCUT2D eigenvalue weighted by atomic mass is 9.90. The Hall–Kier alpha value is -15.6. The first-order valence-electron chi connectivity index (χ1n) is 45.3. The zero-order chi connectivity index (χ0) is 89.4. The van der Waals surface area contributed by atoms with Gasteiger partial charge in [-0.05, 0) is 289 Å². The fraction of sp³-hybridized carbons (Fsp3) is 0.0769. The molecule has 0 fully saturated rings. The van der Waals surface area contributed by atoms with E-state index in [2.05, 4.69) is 542 Å². The first kappa shape index (κ1) is 86.5. The van der Waals surface area contributed by atoms with Gasteiger partial charge in [0.1, 0.15) is 0 Å². The molecule has 0 saturated heterocycles. The zero-order valence-electron chi connectivity index (χ0n) is 76.0. The topological polar surface area (TPSA) is 0 Å². The largest absolute Gasteiger partial charge is 0.0622 e. The average Bonchev–Trinajstić information content (AvgIpc) is 0.793. The van der Waals surface area contributed by atoms with Crippen LogP contribution in [-0.4, -0.2) is 0 Å². The first-order chi connectivity index (χ1) is 63.5. The van der Waals surface area contributed by atoms with E-state index in [4.69, 9.17) is 0 Å². The summed E-state index contributed by atoms with van der Waals surface area (Å²) in [6, 6.07) is 172. The van der Waals surface area contributed by atoms with Gasteiger partial charge in [0.25, 0.3) is 0 Å². The molecule has 0 unspecified atom stereocenters. The molecule has 0 amide bonds. The third kappa shape index (κ3) is 21.4. The Morgan fingerprint density at radius 1 is 0.0769 bits per heavy atom. The van der Waals surface area contributed by atoms with E-state index in [9.17, 15) is 0 Å². The Kier molecular flexibility index (Phi) is 26.9. The third-order valence-corrected chi connectivity index (χ3v) is 24.6. The summed E-state index contributed by atoms with van der Waals surface area (Å²) in [7, 11) is 0. The first-order valence-corrected chi connectivity index (χ1v) is 45.3. The van der Waals surface area contributed by atoms with Crippen LogP contribution >= 0.6 is 0 Å². The van der Waals surface area contributed by atoms with E-state index < -0.39 is 0 Å². The maximum atomic E-state index is 2.33. The maximum Gasteiger partial charge on any atom is -0.00992 e. The molecule has 0 radical (unpaired) electrons. The fourth-order valence-corrected chi connectivity index (χ4v) is 17.4. The summed E-state index contributed by atoms with van der Waals surface area (Å²) in [6.07, 6.45) is 0. The highest BCUT2D eigenvalue weighted by atomic mass is 14.2. The highest BCUT2D eigenvalue weighted by molar-refractivity contribution is 5.92. The maximum absolute atomic E-state index is 2.33. The summed E-state index contributed by atoms with van der Waals surface area (Å²) in [4.78, 5) is 0. The summed E-state index contributed by atoms with van der Waals surface area (Å²) in [6.45, 7) is 21.4. The van der Waals surface area contributed by atoms with E-state index in [1.165, 1.54) is 234 Å². The Bertz CT molecular complexity index is 7190. The minimum Gasteiger partial charge on any atom is -0.0622 e. The van der Waals surface area contributed by atoms with Gasteiger partial charge in [0, 0.05) is 0 Å². The molecule has 0 atom stereocenters. The SMILES string of the molecule is Cc1ccc(-c2ccc(-c3cc(-c4ccc(C)cc4)ccc3-c3ccccc3)cc2)cc1.Cc1ccc(-c2ccc(-c3cc(-c4ccccc4)cc(-c4cc(C)cc(C)c4)c3)cc2)cc1.Cc1ccc(-c2ccc(-c3ccccc3)c(-c3ccc(-c4cccc(C)c4)cc3)c2)cc1.Cc1ccc(-c2ccc(C)cc2-c2ccc(-c3cc(C)cc(-c4ccccc4)c3)cc2)cc1. The van der Waals surface area contributed by atoms with Crippen molar-refractivity contribution in [2.45, 2.75) is 69.2 Å². The van der Waals surface area contributed by atoms with E-state index in [1.54, 1.807) is 0 Å². The molecular weight excluding hydrogens is 1560 g/mol. The third-order valence-electron chi connectivity index (χ3n) is 24.6. The van der Waals surface area contributed by atoms with Crippen LogP contribution in [0.25, 0.3) is 178 Å². The van der Waals surface area contributed by atoms with Gasteiger partial charge in [0.2, 0.25) is 0 Å². The molecule has 0 heteroatoms. The van der Waals surface area contributed by atoms with Crippen LogP contribution in [0.2, 0.25) is 0 Å². The molecule has 0 aliphatic carbocycles. The van der Waals surface area contributed by atoms with Gasteiger partial charge in [-0.3, -0.25) is 0 Å². The van der Waals surface area contributed by atoms with Crippen LogP contribution in [-0.2, 0) is 0 Å². The van der Waals surface area contributed by atoms with Gasteiger partial charge in [-0.25, -0.2) is 0 Å². The van der Waals surface area contributed by atoms with Crippen molar-refractivity contribution in [1.29, 1.82) is 0 Å². The van der Waals surface area contributed by atoms with E-state index in [1.807, 2.05) is 0 Å². The average molecular weight is 1670 g/mol. The molecule has 0 bridgehead atoms. The predicted octanol–water partition coefficient (Wildman–Crippen LogP) is 36.5. The van der Waals surface area contributed by atoms with Crippen LogP contribution < -0.4 is 0 Å². The number of hydrogen-bond acceptors (Lipinski definition) is 0. The van der Waals surface area contributed by atoms with Crippen LogP contribution in [0.3, 0.4) is 0 Å². The quantitative estimate of drug-likeness (QED) is 0.0904. The molecule has 0 aromatic heterocycles. The summed E-state index contributed by atoms with van der Waals surface area (Å²) < 4.78 is 0. The second-order valence-corrected chi connectivity index (χ2v) is 34.8. The molecule has 20 rings (SSSR count). The van der Waals surface area contributed by atoms with Crippen molar-refractivity contribution in [3.05, 3.63) is 529 Å². The molecule has 20 aromatic carbocycles. The molecule has 0 nitrogen and oxygen atoms in total. The van der Waals surface area contributed by atoms with Gasteiger partial charge < -0.3 is 0 Å². The molecule has 0 heterocycles. The van der Waals surface area contributed by atoms with Crippen LogP contribution in [0.1, 0.15) is 55.6 Å². The van der Waals surface area contributed by atoms with Crippen LogP contribution in [0.5, 0.6) is 0 Å². The van der Waals surface area contributed by atoms with Crippen LogP contribution in [0.4, 0.5) is 0 Å². The summed E-state index contributed by atoms with van der Waals surface area (Å²) in [5.74, 6) is 0. The van der Waals surface area contributed by atoms with Crippen molar-refractivity contribution in [3.63, 3.8) is 0 Å².